The van der Waals surface area contributed by atoms with Gasteiger partial charge in [-0.1, -0.05) is 39.0 Å². The molecule has 0 unspecified atom stereocenters. The molecule has 0 aliphatic heterocycles. The van der Waals surface area contributed by atoms with E-state index in [1.165, 1.54) is 5.57 Å². The van der Waals surface area contributed by atoms with Gasteiger partial charge in [0.2, 0.25) is 0 Å². The summed E-state index contributed by atoms with van der Waals surface area (Å²) in [4.78, 5) is 13.0. The second-order valence-corrected chi connectivity index (χ2v) is 9.11. The zero-order valence-electron chi connectivity index (χ0n) is 14.1. The summed E-state index contributed by atoms with van der Waals surface area (Å²) in [6, 6.07) is 0. The molecule has 4 rings (SSSR count). The summed E-state index contributed by atoms with van der Waals surface area (Å²) in [7, 11) is 0. The second-order valence-electron chi connectivity index (χ2n) is 9.11. The third-order valence-corrected chi connectivity index (χ3v) is 7.80. The van der Waals surface area contributed by atoms with Gasteiger partial charge >= 0.3 is 0 Å². The van der Waals surface area contributed by atoms with Crippen molar-refractivity contribution in [2.75, 3.05) is 0 Å². The lowest BCUT2D eigenvalue weighted by atomic mass is 9.43. The summed E-state index contributed by atoms with van der Waals surface area (Å²) in [6.45, 7) is 11.0. The third kappa shape index (κ3) is 1.48. The molecule has 3 saturated carbocycles. The standard InChI is InChI=1S/C20H28O2/c1-12-13-5-6-15-19(4)14(18(2,3)9-8-16(19)21)7-10-20(15,11-13)17(12)22/h6,13-14,16,21H,1,5,7-11H2,2-4H3/t13-,14-,16+,19-,20-/m1/s1. The fraction of sp³-hybridized carbons (Fsp3) is 0.750. The molecule has 3 fully saturated rings. The summed E-state index contributed by atoms with van der Waals surface area (Å²) < 4.78 is 0. The zero-order chi connectivity index (χ0) is 15.9. The topological polar surface area (TPSA) is 37.3 Å². The Bertz CT molecular complexity index is 599. The highest BCUT2D eigenvalue weighted by atomic mass is 16.3. The number of ketones is 1. The molecule has 0 heterocycles. The molecule has 2 nitrogen and oxygen atoms in total. The molecule has 22 heavy (non-hydrogen) atoms. The van der Waals surface area contributed by atoms with E-state index in [-0.39, 0.29) is 28.1 Å². The normalized spacial score (nSPS) is 49.5. The van der Waals surface area contributed by atoms with Crippen LogP contribution in [-0.2, 0) is 4.79 Å². The van der Waals surface area contributed by atoms with Crippen LogP contribution in [0.5, 0.6) is 0 Å². The Morgan fingerprint density at radius 1 is 1.23 bits per heavy atom. The van der Waals surface area contributed by atoms with Gasteiger partial charge in [0.1, 0.15) is 0 Å². The number of allylic oxidation sites excluding steroid dienone is 2. The quantitative estimate of drug-likeness (QED) is 0.541. The molecule has 0 saturated heterocycles. The molecular formula is C20H28O2. The molecule has 0 aromatic rings. The smallest absolute Gasteiger partial charge is 0.168 e. The van der Waals surface area contributed by atoms with Crippen molar-refractivity contribution in [1.82, 2.24) is 0 Å². The fourth-order valence-corrected chi connectivity index (χ4v) is 6.60. The van der Waals surface area contributed by atoms with Crippen LogP contribution in [-0.4, -0.2) is 17.0 Å². The van der Waals surface area contributed by atoms with Crippen molar-refractivity contribution < 1.29 is 9.90 Å². The van der Waals surface area contributed by atoms with E-state index in [2.05, 4.69) is 33.4 Å². The van der Waals surface area contributed by atoms with Crippen LogP contribution in [0.2, 0.25) is 0 Å². The van der Waals surface area contributed by atoms with Crippen LogP contribution in [0.4, 0.5) is 0 Å². The lowest BCUT2D eigenvalue weighted by Crippen LogP contribution is -2.58. The molecule has 0 aromatic carbocycles. The van der Waals surface area contributed by atoms with Gasteiger partial charge in [-0.3, -0.25) is 4.79 Å². The molecule has 0 aromatic heterocycles. The molecule has 4 aliphatic rings. The number of hydrogen-bond donors (Lipinski definition) is 1. The fourth-order valence-electron chi connectivity index (χ4n) is 6.60. The molecule has 2 bridgehead atoms. The van der Waals surface area contributed by atoms with E-state index in [0.717, 1.165) is 44.1 Å². The van der Waals surface area contributed by atoms with Crippen LogP contribution in [0.1, 0.15) is 59.3 Å². The van der Waals surface area contributed by atoms with Crippen LogP contribution >= 0.6 is 0 Å². The molecule has 0 radical (unpaired) electrons. The highest BCUT2D eigenvalue weighted by Crippen LogP contribution is 2.69. The first-order chi connectivity index (χ1) is 10.2. The molecular weight excluding hydrogens is 272 g/mol. The first-order valence-electron chi connectivity index (χ1n) is 8.86. The number of Topliss-reactive ketones (excluding diaryl/α,β-unsaturated/α-hetero) is 1. The minimum atomic E-state index is -0.320. The maximum absolute atomic E-state index is 13.0. The van der Waals surface area contributed by atoms with E-state index in [1.54, 1.807) is 0 Å². The second kappa shape index (κ2) is 4.14. The Morgan fingerprint density at radius 2 is 1.95 bits per heavy atom. The number of rotatable bonds is 0. The number of aliphatic hydroxyl groups is 1. The predicted octanol–water partition coefficient (Wildman–Crippen LogP) is 4.05. The summed E-state index contributed by atoms with van der Waals surface area (Å²) >= 11 is 0. The Morgan fingerprint density at radius 3 is 2.68 bits per heavy atom. The number of hydrogen-bond acceptors (Lipinski definition) is 2. The molecule has 1 spiro atoms. The summed E-state index contributed by atoms with van der Waals surface area (Å²) in [6.07, 6.45) is 7.86. The van der Waals surface area contributed by atoms with Crippen molar-refractivity contribution in [3.8, 4) is 0 Å². The van der Waals surface area contributed by atoms with E-state index in [0.29, 0.717) is 11.8 Å². The van der Waals surface area contributed by atoms with E-state index in [1.807, 2.05) is 0 Å². The average molecular weight is 300 g/mol. The van der Waals surface area contributed by atoms with Crippen LogP contribution in [0.25, 0.3) is 0 Å². The number of carbonyl (C=O) groups is 1. The van der Waals surface area contributed by atoms with E-state index in [9.17, 15) is 9.90 Å². The van der Waals surface area contributed by atoms with Crippen molar-refractivity contribution in [2.45, 2.75) is 65.4 Å². The van der Waals surface area contributed by atoms with Crippen molar-refractivity contribution >= 4 is 5.78 Å². The number of fused-ring (bicyclic) bond motifs is 3. The lowest BCUT2D eigenvalue weighted by Gasteiger charge is -2.61. The van der Waals surface area contributed by atoms with Gasteiger partial charge in [0.25, 0.3) is 0 Å². The highest BCUT2D eigenvalue weighted by molar-refractivity contribution is 6.05. The van der Waals surface area contributed by atoms with Crippen LogP contribution in [0, 0.1) is 28.1 Å². The minimum Gasteiger partial charge on any atom is -0.392 e. The van der Waals surface area contributed by atoms with Crippen LogP contribution in [0.3, 0.4) is 0 Å². The number of carbonyl (C=O) groups excluding carboxylic acids is 1. The van der Waals surface area contributed by atoms with Crippen molar-refractivity contribution in [3.63, 3.8) is 0 Å². The van der Waals surface area contributed by atoms with Gasteiger partial charge in [0.05, 0.1) is 11.5 Å². The van der Waals surface area contributed by atoms with Crippen molar-refractivity contribution in [3.05, 3.63) is 23.8 Å². The van der Waals surface area contributed by atoms with Gasteiger partial charge in [-0.05, 0) is 61.3 Å². The van der Waals surface area contributed by atoms with Crippen LogP contribution < -0.4 is 0 Å². The first-order valence-corrected chi connectivity index (χ1v) is 8.86. The Labute approximate surface area is 133 Å². The van der Waals surface area contributed by atoms with Crippen LogP contribution in [0.15, 0.2) is 23.8 Å². The zero-order valence-corrected chi connectivity index (χ0v) is 14.1. The molecule has 4 aliphatic carbocycles. The molecule has 5 atom stereocenters. The number of aliphatic hydroxyl groups excluding tert-OH is 1. The Hall–Kier alpha value is -0.890. The summed E-state index contributed by atoms with van der Waals surface area (Å²) in [5, 5.41) is 10.9. The monoisotopic (exact) mass is 300 g/mol. The molecule has 0 amide bonds. The van der Waals surface area contributed by atoms with E-state index in [4.69, 9.17) is 0 Å². The van der Waals surface area contributed by atoms with Crippen molar-refractivity contribution in [2.24, 2.45) is 28.1 Å². The maximum atomic E-state index is 13.0. The predicted molar refractivity (Wildman–Crippen MR) is 87.2 cm³/mol. The van der Waals surface area contributed by atoms with Crippen molar-refractivity contribution in [1.29, 1.82) is 0 Å². The van der Waals surface area contributed by atoms with Gasteiger partial charge in [0.15, 0.2) is 5.78 Å². The van der Waals surface area contributed by atoms with Gasteiger partial charge < -0.3 is 5.11 Å². The molecule has 120 valence electrons. The molecule has 1 N–H and O–H groups in total. The first kappa shape index (κ1) is 14.7. The SMILES string of the molecule is C=C1C(=O)[C@@]23CC[C@@H]4C(C)(C)CC[C@H](O)[C@@]4(C)C2=CC[C@@H]1C3. The van der Waals surface area contributed by atoms with Gasteiger partial charge in [0, 0.05) is 5.41 Å². The molecule has 2 heteroatoms. The lowest BCUT2D eigenvalue weighted by molar-refractivity contribution is -0.135. The third-order valence-electron chi connectivity index (χ3n) is 7.80. The Balaban J connectivity index is 1.88. The van der Waals surface area contributed by atoms with Gasteiger partial charge in [-0.15, -0.1) is 0 Å². The average Bonchev–Trinajstić information content (AvgIpc) is 2.65. The Kier molecular flexibility index (Phi) is 2.76. The minimum absolute atomic E-state index is 0.231. The maximum Gasteiger partial charge on any atom is 0.168 e. The van der Waals surface area contributed by atoms with Gasteiger partial charge in [-0.2, -0.15) is 0 Å². The van der Waals surface area contributed by atoms with E-state index < -0.39 is 0 Å². The largest absolute Gasteiger partial charge is 0.392 e. The van der Waals surface area contributed by atoms with E-state index >= 15 is 0 Å². The summed E-state index contributed by atoms with van der Waals surface area (Å²) in [5.41, 5.74) is 1.81. The highest BCUT2D eigenvalue weighted by Gasteiger charge is 2.65. The van der Waals surface area contributed by atoms with Gasteiger partial charge in [-0.25, -0.2) is 0 Å². The summed E-state index contributed by atoms with van der Waals surface area (Å²) in [5.74, 6) is 1.11.